The molecule has 0 aliphatic heterocycles. The van der Waals surface area contributed by atoms with Crippen LogP contribution >= 0.6 is 0 Å². The highest BCUT2D eigenvalue weighted by atomic mass is 16.5. The molecule has 0 amide bonds. The maximum absolute atomic E-state index is 10.3. The zero-order valence-electron chi connectivity index (χ0n) is 6.14. The fourth-order valence-corrected chi connectivity index (χ4v) is 0.423. The summed E-state index contributed by atoms with van der Waals surface area (Å²) >= 11 is 0. The van der Waals surface area contributed by atoms with Crippen molar-refractivity contribution in [1.29, 1.82) is 0 Å². The highest BCUT2D eigenvalue weighted by Gasteiger charge is 1.95. The second-order valence-electron chi connectivity index (χ2n) is 1.68. The van der Waals surface area contributed by atoms with Crippen molar-refractivity contribution < 1.29 is 9.53 Å². The molecule has 0 atom stereocenters. The number of carbonyl (C=O) groups is 1. The number of rotatable bonds is 3. The monoisotopic (exact) mass is 133 g/mol. The predicted molar refractivity (Wildman–Crippen MR) is 36.6 cm³/mol. The van der Waals surface area contributed by atoms with E-state index in [9.17, 15) is 4.79 Å². The molecule has 0 heterocycles. The zero-order valence-corrected chi connectivity index (χ0v) is 6.14. The summed E-state index contributed by atoms with van der Waals surface area (Å²) in [6.07, 6.45) is 2.55. The van der Waals surface area contributed by atoms with Crippen LogP contribution in [0.25, 0.3) is 0 Å². The van der Waals surface area contributed by atoms with Crippen molar-refractivity contribution in [3.63, 3.8) is 0 Å². The van der Waals surface area contributed by atoms with E-state index in [0.29, 0.717) is 6.42 Å². The minimum atomic E-state index is -0.105. The number of unbranched alkanes of at least 4 members (excludes halogenated alkanes) is 1. The van der Waals surface area contributed by atoms with Gasteiger partial charge < -0.3 is 10.9 Å². The van der Waals surface area contributed by atoms with Gasteiger partial charge in [0, 0.05) is 6.42 Å². The Morgan fingerprint density at radius 3 is 2.44 bits per heavy atom. The van der Waals surface area contributed by atoms with E-state index in [2.05, 4.69) is 4.74 Å². The lowest BCUT2D eigenvalue weighted by Crippen LogP contribution is -1.98. The lowest BCUT2D eigenvalue weighted by molar-refractivity contribution is -0.140. The lowest BCUT2D eigenvalue weighted by Gasteiger charge is -1.93. The number of carbonyl (C=O) groups excluding carboxylic acids is 1. The second kappa shape index (κ2) is 7.43. The zero-order chi connectivity index (χ0) is 6.41. The van der Waals surface area contributed by atoms with Gasteiger partial charge in [-0.3, -0.25) is 4.79 Å². The molecule has 3 N–H and O–H groups in total. The van der Waals surface area contributed by atoms with Crippen LogP contribution in [0.1, 0.15) is 26.2 Å². The number of hydrogen-bond acceptors (Lipinski definition) is 3. The maximum Gasteiger partial charge on any atom is 0.305 e. The van der Waals surface area contributed by atoms with Crippen molar-refractivity contribution in [1.82, 2.24) is 6.15 Å². The minimum absolute atomic E-state index is 0. The summed E-state index contributed by atoms with van der Waals surface area (Å²) in [6.45, 7) is 2.04. The molecule has 0 unspecified atom stereocenters. The average Bonchev–Trinajstić information content (AvgIpc) is 1.83. The molecule has 3 heteroatoms. The van der Waals surface area contributed by atoms with Crippen LogP contribution in [0, 0.1) is 0 Å². The van der Waals surface area contributed by atoms with E-state index >= 15 is 0 Å². The first-order valence-corrected chi connectivity index (χ1v) is 2.88. The molecular formula is C6H15NO2. The van der Waals surface area contributed by atoms with Crippen molar-refractivity contribution in [2.24, 2.45) is 0 Å². The average molecular weight is 133 g/mol. The van der Waals surface area contributed by atoms with E-state index in [4.69, 9.17) is 0 Å². The largest absolute Gasteiger partial charge is 0.469 e. The third-order valence-corrected chi connectivity index (χ3v) is 0.962. The summed E-state index contributed by atoms with van der Waals surface area (Å²) in [7, 11) is 1.41. The van der Waals surface area contributed by atoms with Gasteiger partial charge in [0.1, 0.15) is 0 Å². The predicted octanol–water partition coefficient (Wildman–Crippen LogP) is 1.51. The van der Waals surface area contributed by atoms with E-state index in [1.807, 2.05) is 6.92 Å². The fourth-order valence-electron chi connectivity index (χ4n) is 0.423. The van der Waals surface area contributed by atoms with Crippen LogP contribution in [0.2, 0.25) is 0 Å². The van der Waals surface area contributed by atoms with Gasteiger partial charge >= 0.3 is 5.97 Å². The molecule has 3 nitrogen and oxygen atoms in total. The third-order valence-electron chi connectivity index (χ3n) is 0.962. The molecule has 0 rings (SSSR count). The van der Waals surface area contributed by atoms with Gasteiger partial charge in [-0.25, -0.2) is 0 Å². The first-order chi connectivity index (χ1) is 3.81. The number of esters is 1. The highest BCUT2D eigenvalue weighted by molar-refractivity contribution is 5.68. The van der Waals surface area contributed by atoms with E-state index < -0.39 is 0 Å². The molecule has 0 radical (unpaired) electrons. The van der Waals surface area contributed by atoms with Crippen LogP contribution < -0.4 is 6.15 Å². The molecule has 0 aromatic heterocycles. The summed E-state index contributed by atoms with van der Waals surface area (Å²) < 4.78 is 4.41. The summed E-state index contributed by atoms with van der Waals surface area (Å²) in [6, 6.07) is 0. The van der Waals surface area contributed by atoms with Crippen LogP contribution in [0.4, 0.5) is 0 Å². The Morgan fingerprint density at radius 1 is 1.56 bits per heavy atom. The second-order valence-corrected chi connectivity index (χ2v) is 1.68. The van der Waals surface area contributed by atoms with E-state index in [-0.39, 0.29) is 12.1 Å². The van der Waals surface area contributed by atoms with Crippen LogP contribution in [0.3, 0.4) is 0 Å². The van der Waals surface area contributed by atoms with E-state index in [1.165, 1.54) is 7.11 Å². The quantitative estimate of drug-likeness (QED) is 0.593. The summed E-state index contributed by atoms with van der Waals surface area (Å²) in [4.78, 5) is 10.3. The maximum atomic E-state index is 10.3. The molecule has 9 heavy (non-hydrogen) atoms. The van der Waals surface area contributed by atoms with Crippen LogP contribution in [0.15, 0.2) is 0 Å². The van der Waals surface area contributed by atoms with Crippen molar-refractivity contribution in [3.8, 4) is 0 Å². The fraction of sp³-hybridized carbons (Fsp3) is 0.833. The van der Waals surface area contributed by atoms with Crippen molar-refractivity contribution >= 4 is 5.97 Å². The Balaban J connectivity index is 0. The van der Waals surface area contributed by atoms with Crippen LogP contribution in [-0.2, 0) is 9.53 Å². The molecule has 0 aromatic rings. The van der Waals surface area contributed by atoms with Gasteiger partial charge in [-0.1, -0.05) is 13.3 Å². The van der Waals surface area contributed by atoms with E-state index in [1.54, 1.807) is 0 Å². The summed E-state index contributed by atoms with van der Waals surface area (Å²) in [5, 5.41) is 0. The van der Waals surface area contributed by atoms with Gasteiger partial charge in [0.15, 0.2) is 0 Å². The third kappa shape index (κ3) is 7.43. The topological polar surface area (TPSA) is 61.3 Å². The molecule has 0 saturated carbocycles. The Bertz CT molecular complexity index is 73.5. The Morgan fingerprint density at radius 2 is 2.11 bits per heavy atom. The van der Waals surface area contributed by atoms with Crippen LogP contribution in [-0.4, -0.2) is 13.1 Å². The lowest BCUT2D eigenvalue weighted by atomic mass is 10.3. The molecule has 0 aliphatic rings. The molecule has 0 aromatic carbocycles. The first-order valence-electron chi connectivity index (χ1n) is 2.88. The Labute approximate surface area is 56.0 Å². The van der Waals surface area contributed by atoms with Crippen molar-refractivity contribution in [2.45, 2.75) is 26.2 Å². The molecule has 0 saturated heterocycles. The van der Waals surface area contributed by atoms with Gasteiger partial charge in [0.25, 0.3) is 0 Å². The normalized spacial score (nSPS) is 7.78. The van der Waals surface area contributed by atoms with Gasteiger partial charge in [-0.15, -0.1) is 0 Å². The standard InChI is InChI=1S/C6H12O2.H3N/c1-3-4-5-6(7)8-2;/h3-5H2,1-2H3;1H3. The molecular weight excluding hydrogens is 118 g/mol. The first kappa shape index (κ1) is 11.3. The van der Waals surface area contributed by atoms with E-state index in [0.717, 1.165) is 12.8 Å². The van der Waals surface area contributed by atoms with Gasteiger partial charge in [0.05, 0.1) is 7.11 Å². The van der Waals surface area contributed by atoms with Crippen molar-refractivity contribution in [3.05, 3.63) is 0 Å². The number of methoxy groups -OCH3 is 1. The SMILES string of the molecule is CCCCC(=O)OC.N. The molecule has 0 spiro atoms. The smallest absolute Gasteiger partial charge is 0.305 e. The molecule has 0 fully saturated rings. The number of ether oxygens (including phenoxy) is 1. The highest BCUT2D eigenvalue weighted by Crippen LogP contribution is 1.94. The van der Waals surface area contributed by atoms with Crippen LogP contribution in [0.5, 0.6) is 0 Å². The minimum Gasteiger partial charge on any atom is -0.469 e. The van der Waals surface area contributed by atoms with Crippen molar-refractivity contribution in [2.75, 3.05) is 7.11 Å². The molecule has 0 aliphatic carbocycles. The Kier molecular flexibility index (Phi) is 9.29. The summed E-state index contributed by atoms with van der Waals surface area (Å²) in [5.74, 6) is -0.105. The molecule has 0 bridgehead atoms. The molecule has 56 valence electrons. The van der Waals surface area contributed by atoms with Gasteiger partial charge in [-0.05, 0) is 6.42 Å². The number of hydrogen-bond donors (Lipinski definition) is 1. The van der Waals surface area contributed by atoms with Gasteiger partial charge in [-0.2, -0.15) is 0 Å². The Hall–Kier alpha value is -0.570. The summed E-state index contributed by atoms with van der Waals surface area (Å²) in [5.41, 5.74) is 0. The van der Waals surface area contributed by atoms with Gasteiger partial charge in [0.2, 0.25) is 0 Å².